The minimum atomic E-state index is -3.46. The number of nitrogens with one attached hydrogen (secondary N) is 1. The molecule has 1 aliphatic rings. The summed E-state index contributed by atoms with van der Waals surface area (Å²) >= 11 is 6.51. The summed E-state index contributed by atoms with van der Waals surface area (Å²) in [6.45, 7) is 2.69. The van der Waals surface area contributed by atoms with Crippen LogP contribution in [0.4, 0.5) is 5.95 Å². The first-order chi connectivity index (χ1) is 16.8. The maximum absolute atomic E-state index is 11.4. The van der Waals surface area contributed by atoms with Crippen molar-refractivity contribution < 1.29 is 17.9 Å². The van der Waals surface area contributed by atoms with E-state index in [2.05, 4.69) is 20.8 Å². The predicted molar refractivity (Wildman–Crippen MR) is 133 cm³/mol. The van der Waals surface area contributed by atoms with Crippen molar-refractivity contribution >= 4 is 27.6 Å². The number of aromatic nitrogens is 2. The van der Waals surface area contributed by atoms with E-state index < -0.39 is 10.0 Å². The molecule has 2 aromatic carbocycles. The van der Waals surface area contributed by atoms with E-state index >= 15 is 0 Å². The lowest BCUT2D eigenvalue weighted by molar-refractivity contribution is 0.301. The summed E-state index contributed by atoms with van der Waals surface area (Å²) in [5.74, 6) is 1.28. The van der Waals surface area contributed by atoms with Crippen molar-refractivity contribution in [3.05, 3.63) is 75.6 Å². The third-order valence-electron chi connectivity index (χ3n) is 5.66. The zero-order chi connectivity index (χ0) is 25.0. The number of sulfonamides is 1. The molecule has 182 valence electrons. The van der Waals surface area contributed by atoms with Crippen molar-refractivity contribution in [2.45, 2.75) is 38.7 Å². The van der Waals surface area contributed by atoms with E-state index in [0.29, 0.717) is 34.4 Å². The Kier molecular flexibility index (Phi) is 7.43. The molecule has 1 aromatic heterocycles. The number of anilines is 1. The molecule has 3 aromatic rings. The molecule has 1 aliphatic carbocycles. The molecule has 1 N–H and O–H groups in total. The molecular formula is C25H25ClN4O4S. The molecule has 1 heterocycles. The predicted octanol–water partition coefficient (Wildman–Crippen LogP) is 4.82. The second-order valence-corrected chi connectivity index (χ2v) is 10.4. The Morgan fingerprint density at radius 1 is 1.23 bits per heavy atom. The molecule has 35 heavy (non-hydrogen) atoms. The zero-order valence-electron chi connectivity index (χ0n) is 19.4. The van der Waals surface area contributed by atoms with E-state index in [9.17, 15) is 13.7 Å². The van der Waals surface area contributed by atoms with Gasteiger partial charge < -0.3 is 9.47 Å². The lowest BCUT2D eigenvalue weighted by Crippen LogP contribution is -2.13. The Labute approximate surface area is 209 Å². The van der Waals surface area contributed by atoms with Crippen LogP contribution in [0.1, 0.15) is 53.6 Å². The minimum Gasteiger partial charge on any atom is -0.491 e. The SMILES string of the molecule is CCCOc1c(Cl)cc2c(c1C#N)CCC2c1ccc(OCc2ccnc(NS(C)(=O)=O)n2)cc1. The van der Waals surface area contributed by atoms with Crippen LogP contribution in [-0.4, -0.2) is 31.2 Å². The highest BCUT2D eigenvalue weighted by Crippen LogP contribution is 2.45. The fourth-order valence-electron chi connectivity index (χ4n) is 4.17. The average Bonchev–Trinajstić information content (AvgIpc) is 3.24. The average molecular weight is 513 g/mol. The quantitative estimate of drug-likeness (QED) is 0.437. The standard InChI is InChI=1S/C25H25ClN4O4S/c1-3-12-33-24-22(14-27)20-9-8-19(21(20)13-23(24)26)16-4-6-18(7-5-16)34-15-17-10-11-28-25(29-17)30-35(2,31)32/h4-7,10-11,13,19H,3,8-9,12,15H2,1-2H3,(H,28,29,30). The summed E-state index contributed by atoms with van der Waals surface area (Å²) in [5, 5.41) is 10.2. The number of nitriles is 1. The first-order valence-corrected chi connectivity index (χ1v) is 13.5. The third kappa shape index (κ3) is 5.84. The summed E-state index contributed by atoms with van der Waals surface area (Å²) in [6.07, 6.45) is 5.02. The summed E-state index contributed by atoms with van der Waals surface area (Å²) in [7, 11) is -3.46. The van der Waals surface area contributed by atoms with Gasteiger partial charge in [-0.25, -0.2) is 18.4 Å². The van der Waals surface area contributed by atoms with Crippen LogP contribution in [0.2, 0.25) is 5.02 Å². The Morgan fingerprint density at radius 2 is 2.00 bits per heavy atom. The van der Waals surface area contributed by atoms with Crippen molar-refractivity contribution in [3.63, 3.8) is 0 Å². The molecule has 0 amide bonds. The van der Waals surface area contributed by atoms with E-state index in [1.807, 2.05) is 37.3 Å². The number of nitrogens with zero attached hydrogens (tertiary/aromatic N) is 3. The van der Waals surface area contributed by atoms with E-state index in [1.165, 1.54) is 6.20 Å². The molecule has 0 spiro atoms. The summed E-state index contributed by atoms with van der Waals surface area (Å²) < 4.78 is 36.6. The number of benzene rings is 2. The highest BCUT2D eigenvalue weighted by Gasteiger charge is 2.29. The lowest BCUT2D eigenvalue weighted by atomic mass is 9.92. The largest absolute Gasteiger partial charge is 0.491 e. The van der Waals surface area contributed by atoms with Gasteiger partial charge >= 0.3 is 0 Å². The Morgan fingerprint density at radius 3 is 2.69 bits per heavy atom. The first kappa shape index (κ1) is 24.8. The molecule has 8 nitrogen and oxygen atoms in total. The Bertz CT molecular complexity index is 1370. The van der Waals surface area contributed by atoms with Gasteiger partial charge in [0.1, 0.15) is 18.4 Å². The smallest absolute Gasteiger partial charge is 0.236 e. The fourth-order valence-corrected chi connectivity index (χ4v) is 4.87. The first-order valence-electron chi connectivity index (χ1n) is 11.2. The Hall–Kier alpha value is -3.35. The number of rotatable bonds is 9. The van der Waals surface area contributed by atoms with Gasteiger partial charge in [0.05, 0.1) is 29.1 Å². The summed E-state index contributed by atoms with van der Waals surface area (Å²) in [5.41, 5.74) is 4.27. The number of hydrogen-bond donors (Lipinski definition) is 1. The van der Waals surface area contributed by atoms with Crippen LogP contribution in [0.5, 0.6) is 11.5 Å². The van der Waals surface area contributed by atoms with Gasteiger partial charge in [0.25, 0.3) is 0 Å². The number of hydrogen-bond acceptors (Lipinski definition) is 7. The van der Waals surface area contributed by atoms with E-state index in [4.69, 9.17) is 21.1 Å². The normalized spacial score (nSPS) is 14.7. The maximum Gasteiger partial charge on any atom is 0.236 e. The van der Waals surface area contributed by atoms with Crippen molar-refractivity contribution in [2.75, 3.05) is 17.6 Å². The molecule has 0 saturated carbocycles. The van der Waals surface area contributed by atoms with Crippen LogP contribution < -0.4 is 14.2 Å². The van der Waals surface area contributed by atoms with E-state index in [-0.39, 0.29) is 18.5 Å². The summed E-state index contributed by atoms with van der Waals surface area (Å²) in [6, 6.07) is 13.7. The second-order valence-electron chi connectivity index (χ2n) is 8.29. The fraction of sp³-hybridized carbons (Fsp3) is 0.320. The van der Waals surface area contributed by atoms with Crippen LogP contribution in [0.15, 0.2) is 42.6 Å². The molecule has 0 fully saturated rings. The topological polar surface area (TPSA) is 114 Å². The molecule has 0 aliphatic heterocycles. The number of ether oxygens (including phenoxy) is 2. The molecule has 0 radical (unpaired) electrons. The molecular weight excluding hydrogens is 488 g/mol. The van der Waals surface area contributed by atoms with Crippen LogP contribution in [0.25, 0.3) is 0 Å². The number of halogens is 1. The zero-order valence-corrected chi connectivity index (χ0v) is 21.0. The van der Waals surface area contributed by atoms with E-state index in [1.54, 1.807) is 6.07 Å². The molecule has 4 rings (SSSR count). The van der Waals surface area contributed by atoms with Gasteiger partial charge in [0, 0.05) is 12.1 Å². The highest BCUT2D eigenvalue weighted by atomic mass is 35.5. The van der Waals surface area contributed by atoms with Crippen LogP contribution in [0.3, 0.4) is 0 Å². The molecule has 10 heteroatoms. The number of fused-ring (bicyclic) bond motifs is 1. The monoisotopic (exact) mass is 512 g/mol. The summed E-state index contributed by atoms with van der Waals surface area (Å²) in [4.78, 5) is 8.05. The second kappa shape index (κ2) is 10.5. The molecule has 1 atom stereocenters. The van der Waals surface area contributed by atoms with E-state index in [0.717, 1.165) is 42.2 Å². The van der Waals surface area contributed by atoms with Crippen LogP contribution in [0, 0.1) is 11.3 Å². The van der Waals surface area contributed by atoms with Gasteiger partial charge in [0.2, 0.25) is 16.0 Å². The van der Waals surface area contributed by atoms with Gasteiger partial charge in [-0.3, -0.25) is 4.72 Å². The molecule has 0 saturated heterocycles. The highest BCUT2D eigenvalue weighted by molar-refractivity contribution is 7.91. The lowest BCUT2D eigenvalue weighted by Gasteiger charge is -2.16. The van der Waals surface area contributed by atoms with Gasteiger partial charge in [-0.2, -0.15) is 5.26 Å². The van der Waals surface area contributed by atoms with Crippen LogP contribution in [-0.2, 0) is 23.1 Å². The molecule has 0 bridgehead atoms. The van der Waals surface area contributed by atoms with Gasteiger partial charge in [0.15, 0.2) is 5.75 Å². The van der Waals surface area contributed by atoms with Gasteiger partial charge in [-0.1, -0.05) is 30.7 Å². The van der Waals surface area contributed by atoms with Gasteiger partial charge in [-0.05, 0) is 60.2 Å². The maximum atomic E-state index is 11.4. The van der Waals surface area contributed by atoms with Crippen molar-refractivity contribution in [3.8, 4) is 17.6 Å². The van der Waals surface area contributed by atoms with Crippen molar-refractivity contribution in [1.82, 2.24) is 9.97 Å². The van der Waals surface area contributed by atoms with Crippen molar-refractivity contribution in [1.29, 1.82) is 5.26 Å². The minimum absolute atomic E-state index is 0.00231. The molecule has 1 unspecified atom stereocenters. The Balaban J connectivity index is 1.48. The van der Waals surface area contributed by atoms with Gasteiger partial charge in [-0.15, -0.1) is 0 Å². The third-order valence-corrected chi connectivity index (χ3v) is 6.49. The van der Waals surface area contributed by atoms with Crippen molar-refractivity contribution in [2.24, 2.45) is 0 Å². The van der Waals surface area contributed by atoms with Crippen LogP contribution >= 0.6 is 11.6 Å².